The number of aryl methyl sites for hydroxylation is 2. The Morgan fingerprint density at radius 2 is 2.18 bits per heavy atom. The number of hydrogen-bond acceptors (Lipinski definition) is 3. The van der Waals surface area contributed by atoms with Crippen LogP contribution in [0.15, 0.2) is 6.20 Å². The van der Waals surface area contributed by atoms with Crippen LogP contribution in [0.3, 0.4) is 0 Å². The van der Waals surface area contributed by atoms with Gasteiger partial charge in [-0.05, 0) is 19.8 Å². The lowest BCUT2D eigenvalue weighted by molar-refractivity contribution is 0.308. The van der Waals surface area contributed by atoms with E-state index in [9.17, 15) is 8.42 Å². The first-order chi connectivity index (χ1) is 7.88. The molecule has 0 spiro atoms. The molecule has 0 aromatic carbocycles. The second kappa shape index (κ2) is 4.42. The standard InChI is InChI=1S/C11H19N3O2S/c1-9-7-13(2)11(12-9)10-5-4-6-14(8-10)17(3,15)16/h7,10H,4-6,8H2,1-3H3/t10-/m0/s1. The van der Waals surface area contributed by atoms with E-state index in [0.717, 1.165) is 24.4 Å². The van der Waals surface area contributed by atoms with E-state index in [1.807, 2.05) is 24.7 Å². The quantitative estimate of drug-likeness (QED) is 0.790. The summed E-state index contributed by atoms with van der Waals surface area (Å²) in [5.74, 6) is 1.22. The summed E-state index contributed by atoms with van der Waals surface area (Å²) in [6, 6.07) is 0. The van der Waals surface area contributed by atoms with Crippen LogP contribution in [0.25, 0.3) is 0 Å². The Kier molecular flexibility index (Phi) is 3.27. The average molecular weight is 257 g/mol. The van der Waals surface area contributed by atoms with Gasteiger partial charge in [0.1, 0.15) is 5.82 Å². The van der Waals surface area contributed by atoms with E-state index in [2.05, 4.69) is 4.98 Å². The van der Waals surface area contributed by atoms with E-state index in [1.165, 1.54) is 6.26 Å². The molecule has 0 amide bonds. The second-order valence-corrected chi connectivity index (χ2v) is 6.79. The summed E-state index contributed by atoms with van der Waals surface area (Å²) >= 11 is 0. The number of nitrogens with zero attached hydrogens (tertiary/aromatic N) is 3. The van der Waals surface area contributed by atoms with E-state index in [0.29, 0.717) is 13.1 Å². The van der Waals surface area contributed by atoms with Crippen molar-refractivity contribution in [2.24, 2.45) is 7.05 Å². The van der Waals surface area contributed by atoms with Crippen molar-refractivity contribution in [1.29, 1.82) is 0 Å². The Labute approximate surface area is 103 Å². The van der Waals surface area contributed by atoms with Crippen molar-refractivity contribution in [1.82, 2.24) is 13.9 Å². The third kappa shape index (κ3) is 2.69. The van der Waals surface area contributed by atoms with Gasteiger partial charge in [0.05, 0.1) is 11.9 Å². The molecular formula is C11H19N3O2S. The molecule has 0 radical (unpaired) electrons. The van der Waals surface area contributed by atoms with Crippen molar-refractivity contribution >= 4 is 10.0 Å². The monoisotopic (exact) mass is 257 g/mol. The fraction of sp³-hybridized carbons (Fsp3) is 0.727. The van der Waals surface area contributed by atoms with Crippen LogP contribution in [0.4, 0.5) is 0 Å². The molecule has 1 aromatic rings. The molecule has 0 saturated carbocycles. The first-order valence-electron chi connectivity index (χ1n) is 5.83. The molecule has 6 heteroatoms. The maximum atomic E-state index is 11.6. The summed E-state index contributed by atoms with van der Waals surface area (Å²) < 4.78 is 26.7. The summed E-state index contributed by atoms with van der Waals surface area (Å²) in [5.41, 5.74) is 0.985. The van der Waals surface area contributed by atoms with Crippen LogP contribution in [0.5, 0.6) is 0 Å². The molecule has 17 heavy (non-hydrogen) atoms. The van der Waals surface area contributed by atoms with Crippen molar-refractivity contribution in [2.75, 3.05) is 19.3 Å². The average Bonchev–Trinajstić information content (AvgIpc) is 2.57. The minimum Gasteiger partial charge on any atom is -0.337 e. The van der Waals surface area contributed by atoms with Gasteiger partial charge >= 0.3 is 0 Å². The molecule has 0 unspecified atom stereocenters. The SMILES string of the molecule is Cc1cn(C)c([C@H]2CCCN(S(C)(=O)=O)C2)n1. The van der Waals surface area contributed by atoms with Crippen LogP contribution < -0.4 is 0 Å². The summed E-state index contributed by atoms with van der Waals surface area (Å²) in [6.45, 7) is 3.16. The number of rotatable bonds is 2. The molecule has 2 heterocycles. The maximum absolute atomic E-state index is 11.6. The van der Waals surface area contributed by atoms with Crippen LogP contribution in [-0.4, -0.2) is 41.6 Å². The maximum Gasteiger partial charge on any atom is 0.211 e. The van der Waals surface area contributed by atoms with Crippen LogP contribution in [0.2, 0.25) is 0 Å². The zero-order valence-corrected chi connectivity index (χ0v) is 11.4. The van der Waals surface area contributed by atoms with Gasteiger partial charge in [-0.2, -0.15) is 0 Å². The van der Waals surface area contributed by atoms with Crippen molar-refractivity contribution < 1.29 is 8.42 Å². The molecule has 1 atom stereocenters. The molecule has 1 aliphatic rings. The Balaban J connectivity index is 2.21. The summed E-state index contributed by atoms with van der Waals surface area (Å²) in [6.07, 6.45) is 5.17. The van der Waals surface area contributed by atoms with Crippen LogP contribution in [0, 0.1) is 6.92 Å². The first-order valence-corrected chi connectivity index (χ1v) is 7.68. The minimum atomic E-state index is -3.08. The van der Waals surface area contributed by atoms with Gasteiger partial charge < -0.3 is 4.57 Å². The van der Waals surface area contributed by atoms with Gasteiger partial charge in [-0.1, -0.05) is 0 Å². The molecule has 1 aliphatic heterocycles. The summed E-state index contributed by atoms with van der Waals surface area (Å²) in [4.78, 5) is 4.49. The fourth-order valence-corrected chi connectivity index (χ4v) is 3.38. The van der Waals surface area contributed by atoms with Gasteiger partial charge in [-0.3, -0.25) is 0 Å². The highest BCUT2D eigenvalue weighted by Gasteiger charge is 2.28. The molecule has 0 N–H and O–H groups in total. The molecule has 96 valence electrons. The lowest BCUT2D eigenvalue weighted by Crippen LogP contribution is -2.39. The third-order valence-corrected chi connectivity index (χ3v) is 4.52. The summed E-state index contributed by atoms with van der Waals surface area (Å²) in [5, 5.41) is 0. The van der Waals surface area contributed by atoms with E-state index in [-0.39, 0.29) is 5.92 Å². The molecule has 0 bridgehead atoms. The number of imidazole rings is 1. The number of aromatic nitrogens is 2. The lowest BCUT2D eigenvalue weighted by Gasteiger charge is -2.30. The van der Waals surface area contributed by atoms with E-state index in [4.69, 9.17) is 0 Å². The normalized spacial score (nSPS) is 22.9. The first kappa shape index (κ1) is 12.6. The Morgan fingerprint density at radius 1 is 1.47 bits per heavy atom. The van der Waals surface area contributed by atoms with Crippen molar-refractivity contribution in [3.8, 4) is 0 Å². The Morgan fingerprint density at radius 3 is 2.71 bits per heavy atom. The highest BCUT2D eigenvalue weighted by Crippen LogP contribution is 2.27. The highest BCUT2D eigenvalue weighted by atomic mass is 32.2. The van der Waals surface area contributed by atoms with Gasteiger partial charge in [0.25, 0.3) is 0 Å². The van der Waals surface area contributed by atoms with Crippen molar-refractivity contribution in [3.05, 3.63) is 17.7 Å². The van der Waals surface area contributed by atoms with Gasteiger partial charge in [0, 0.05) is 32.3 Å². The molecule has 1 saturated heterocycles. The molecular weight excluding hydrogens is 238 g/mol. The van der Waals surface area contributed by atoms with Crippen LogP contribution >= 0.6 is 0 Å². The smallest absolute Gasteiger partial charge is 0.211 e. The predicted octanol–water partition coefficient (Wildman–Crippen LogP) is 0.868. The lowest BCUT2D eigenvalue weighted by atomic mass is 9.99. The van der Waals surface area contributed by atoms with Crippen molar-refractivity contribution in [2.45, 2.75) is 25.7 Å². The molecule has 1 aromatic heterocycles. The Hall–Kier alpha value is -0.880. The molecule has 2 rings (SSSR count). The third-order valence-electron chi connectivity index (χ3n) is 3.25. The van der Waals surface area contributed by atoms with Crippen molar-refractivity contribution in [3.63, 3.8) is 0 Å². The summed E-state index contributed by atoms with van der Waals surface area (Å²) in [7, 11) is -1.11. The topological polar surface area (TPSA) is 55.2 Å². The minimum absolute atomic E-state index is 0.220. The van der Waals surface area contributed by atoms with Crippen LogP contribution in [-0.2, 0) is 17.1 Å². The highest BCUT2D eigenvalue weighted by molar-refractivity contribution is 7.88. The van der Waals surface area contributed by atoms with Gasteiger partial charge in [-0.25, -0.2) is 17.7 Å². The zero-order chi connectivity index (χ0) is 12.6. The largest absolute Gasteiger partial charge is 0.337 e. The van der Waals surface area contributed by atoms with E-state index in [1.54, 1.807) is 4.31 Å². The van der Waals surface area contributed by atoms with Gasteiger partial charge in [0.2, 0.25) is 10.0 Å². The molecule has 5 nitrogen and oxygen atoms in total. The van der Waals surface area contributed by atoms with E-state index < -0.39 is 10.0 Å². The Bertz CT molecular complexity index is 507. The van der Waals surface area contributed by atoms with Crippen LogP contribution in [0.1, 0.15) is 30.3 Å². The zero-order valence-electron chi connectivity index (χ0n) is 10.5. The predicted molar refractivity (Wildman–Crippen MR) is 66.3 cm³/mol. The molecule has 0 aliphatic carbocycles. The van der Waals surface area contributed by atoms with E-state index >= 15 is 0 Å². The number of sulfonamides is 1. The number of hydrogen-bond donors (Lipinski definition) is 0. The number of piperidine rings is 1. The van der Waals surface area contributed by atoms with Gasteiger partial charge in [-0.15, -0.1) is 0 Å². The molecule has 1 fully saturated rings. The van der Waals surface area contributed by atoms with Gasteiger partial charge in [0.15, 0.2) is 0 Å². The second-order valence-electron chi connectivity index (χ2n) is 4.81. The fourth-order valence-electron chi connectivity index (χ4n) is 2.47.